The van der Waals surface area contributed by atoms with Crippen LogP contribution in [0.2, 0.25) is 0 Å². The summed E-state index contributed by atoms with van der Waals surface area (Å²) in [6.07, 6.45) is 7.93. The molecule has 0 aliphatic carbocycles. The number of hydrogen-bond donors (Lipinski definition) is 0. The molecule has 3 rings (SSSR count). The Morgan fingerprint density at radius 2 is 1.46 bits per heavy atom. The zero-order valence-electron chi connectivity index (χ0n) is 15.6. The molecule has 0 saturated heterocycles. The van der Waals surface area contributed by atoms with Gasteiger partial charge in [-0.05, 0) is 52.8 Å². The van der Waals surface area contributed by atoms with Crippen LogP contribution in [-0.2, 0) is 6.42 Å². The van der Waals surface area contributed by atoms with Crippen molar-refractivity contribution in [2.75, 3.05) is 7.11 Å². The van der Waals surface area contributed by atoms with Crippen molar-refractivity contribution in [2.45, 2.75) is 26.2 Å². The summed E-state index contributed by atoms with van der Waals surface area (Å²) in [7, 11) is 1.69. The highest BCUT2D eigenvalue weighted by Gasteiger charge is 2.07. The average Bonchev–Trinajstić information content (AvgIpc) is 2.71. The molecule has 3 aromatic carbocycles. The van der Waals surface area contributed by atoms with Crippen LogP contribution < -0.4 is 4.74 Å². The monoisotopic (exact) mass is 342 g/mol. The van der Waals surface area contributed by atoms with Gasteiger partial charge in [-0.3, -0.25) is 0 Å². The molecule has 0 radical (unpaired) electrons. The van der Waals surface area contributed by atoms with Crippen molar-refractivity contribution in [1.82, 2.24) is 0 Å². The summed E-state index contributed by atoms with van der Waals surface area (Å²) in [5, 5.41) is 0. The molecule has 0 fully saturated rings. The maximum atomic E-state index is 5.23. The number of hydrogen-bond acceptors (Lipinski definition) is 1. The van der Waals surface area contributed by atoms with Gasteiger partial charge in [0.15, 0.2) is 0 Å². The molecular formula is C25H26O. The molecule has 0 aliphatic heterocycles. The first-order valence-corrected chi connectivity index (χ1v) is 9.31. The number of benzene rings is 3. The molecule has 0 N–H and O–H groups in total. The van der Waals surface area contributed by atoms with Gasteiger partial charge in [-0.15, -0.1) is 0 Å². The van der Waals surface area contributed by atoms with E-state index in [2.05, 4.69) is 79.7 Å². The minimum atomic E-state index is 0.882. The Hall–Kier alpha value is -2.80. The van der Waals surface area contributed by atoms with E-state index < -0.39 is 0 Å². The zero-order valence-corrected chi connectivity index (χ0v) is 15.6. The SMILES string of the molecule is CCCCc1ccccc1-c1ccccc1/C=C/c1ccc(OC)cc1. The predicted octanol–water partition coefficient (Wildman–Crippen LogP) is 6.88. The molecule has 0 unspecified atom stereocenters. The molecule has 1 heteroatoms. The van der Waals surface area contributed by atoms with Gasteiger partial charge in [-0.25, -0.2) is 0 Å². The van der Waals surface area contributed by atoms with E-state index in [0.29, 0.717) is 0 Å². The topological polar surface area (TPSA) is 9.23 Å². The van der Waals surface area contributed by atoms with Crippen molar-refractivity contribution in [3.8, 4) is 16.9 Å². The molecule has 132 valence electrons. The summed E-state index contributed by atoms with van der Waals surface area (Å²) >= 11 is 0. The van der Waals surface area contributed by atoms with Crippen LogP contribution in [0.3, 0.4) is 0 Å². The highest BCUT2D eigenvalue weighted by molar-refractivity contribution is 5.82. The molecule has 0 heterocycles. The molecule has 0 atom stereocenters. The number of aryl methyl sites for hydroxylation is 1. The molecule has 1 nitrogen and oxygen atoms in total. The van der Waals surface area contributed by atoms with Gasteiger partial charge in [0.2, 0.25) is 0 Å². The Balaban J connectivity index is 1.92. The molecule has 0 saturated carbocycles. The summed E-state index contributed by atoms with van der Waals surface area (Å²) in [6.45, 7) is 2.24. The summed E-state index contributed by atoms with van der Waals surface area (Å²) in [6, 6.07) is 25.5. The highest BCUT2D eigenvalue weighted by Crippen LogP contribution is 2.29. The van der Waals surface area contributed by atoms with Gasteiger partial charge in [-0.1, -0.05) is 86.2 Å². The second kappa shape index (κ2) is 9.05. The van der Waals surface area contributed by atoms with Crippen LogP contribution in [0.4, 0.5) is 0 Å². The maximum absolute atomic E-state index is 5.23. The van der Waals surface area contributed by atoms with E-state index in [1.54, 1.807) is 7.11 Å². The van der Waals surface area contributed by atoms with Crippen LogP contribution >= 0.6 is 0 Å². The Morgan fingerprint density at radius 3 is 2.19 bits per heavy atom. The summed E-state index contributed by atoms with van der Waals surface area (Å²) in [4.78, 5) is 0. The zero-order chi connectivity index (χ0) is 18.2. The Labute approximate surface area is 157 Å². The van der Waals surface area contributed by atoms with E-state index in [4.69, 9.17) is 4.74 Å². The lowest BCUT2D eigenvalue weighted by atomic mass is 9.92. The lowest BCUT2D eigenvalue weighted by Crippen LogP contribution is -1.92. The molecule has 0 bridgehead atoms. The quantitative estimate of drug-likeness (QED) is 0.425. The summed E-state index contributed by atoms with van der Waals surface area (Å²) in [5.41, 5.74) is 6.48. The molecule has 0 aromatic heterocycles. The lowest BCUT2D eigenvalue weighted by Gasteiger charge is -2.12. The van der Waals surface area contributed by atoms with Gasteiger partial charge in [0.1, 0.15) is 5.75 Å². The normalized spacial score (nSPS) is 11.0. The van der Waals surface area contributed by atoms with Crippen LogP contribution in [0.1, 0.15) is 36.5 Å². The largest absolute Gasteiger partial charge is 0.497 e. The van der Waals surface area contributed by atoms with E-state index in [-0.39, 0.29) is 0 Å². The van der Waals surface area contributed by atoms with Crippen molar-refractivity contribution in [1.29, 1.82) is 0 Å². The fourth-order valence-corrected chi connectivity index (χ4v) is 3.16. The second-order valence-corrected chi connectivity index (χ2v) is 6.45. The number of ether oxygens (including phenoxy) is 1. The van der Waals surface area contributed by atoms with Crippen molar-refractivity contribution in [3.05, 3.63) is 89.5 Å². The Morgan fingerprint density at radius 1 is 0.769 bits per heavy atom. The third kappa shape index (κ3) is 4.43. The van der Waals surface area contributed by atoms with Crippen LogP contribution in [0, 0.1) is 0 Å². The minimum Gasteiger partial charge on any atom is -0.497 e. The van der Waals surface area contributed by atoms with Crippen LogP contribution in [0.25, 0.3) is 23.3 Å². The third-order valence-electron chi connectivity index (χ3n) is 4.64. The first-order valence-electron chi connectivity index (χ1n) is 9.31. The lowest BCUT2D eigenvalue weighted by molar-refractivity contribution is 0.415. The molecular weight excluding hydrogens is 316 g/mol. The van der Waals surface area contributed by atoms with Gasteiger partial charge >= 0.3 is 0 Å². The van der Waals surface area contributed by atoms with Crippen molar-refractivity contribution in [2.24, 2.45) is 0 Å². The van der Waals surface area contributed by atoms with Crippen molar-refractivity contribution >= 4 is 12.2 Å². The Bertz CT molecular complexity index is 859. The first-order chi connectivity index (χ1) is 12.8. The minimum absolute atomic E-state index is 0.882. The standard InChI is InChI=1S/C25H26O/c1-3-4-9-21-10-5-7-12-24(21)25-13-8-6-11-22(25)17-14-20-15-18-23(26-2)19-16-20/h5-8,10-19H,3-4,9H2,1-2H3/b17-14+. The van der Waals surface area contributed by atoms with Gasteiger partial charge in [0.05, 0.1) is 7.11 Å². The van der Waals surface area contributed by atoms with Gasteiger partial charge < -0.3 is 4.74 Å². The van der Waals surface area contributed by atoms with Gasteiger partial charge in [0, 0.05) is 0 Å². The number of rotatable bonds is 7. The van der Waals surface area contributed by atoms with Crippen molar-refractivity contribution in [3.63, 3.8) is 0 Å². The predicted molar refractivity (Wildman–Crippen MR) is 112 cm³/mol. The summed E-state index contributed by atoms with van der Waals surface area (Å²) in [5.74, 6) is 0.882. The van der Waals surface area contributed by atoms with Crippen LogP contribution in [0.5, 0.6) is 5.75 Å². The third-order valence-corrected chi connectivity index (χ3v) is 4.64. The average molecular weight is 342 g/mol. The maximum Gasteiger partial charge on any atom is 0.118 e. The fourth-order valence-electron chi connectivity index (χ4n) is 3.16. The van der Waals surface area contributed by atoms with E-state index >= 15 is 0 Å². The van der Waals surface area contributed by atoms with Crippen LogP contribution in [-0.4, -0.2) is 7.11 Å². The molecule has 0 amide bonds. The molecule has 26 heavy (non-hydrogen) atoms. The fraction of sp³-hybridized carbons (Fsp3) is 0.200. The number of methoxy groups -OCH3 is 1. The van der Waals surface area contributed by atoms with Gasteiger partial charge in [0.25, 0.3) is 0 Å². The van der Waals surface area contributed by atoms with E-state index in [0.717, 1.165) is 12.2 Å². The summed E-state index contributed by atoms with van der Waals surface area (Å²) < 4.78 is 5.23. The smallest absolute Gasteiger partial charge is 0.118 e. The van der Waals surface area contributed by atoms with E-state index in [9.17, 15) is 0 Å². The first kappa shape index (κ1) is 18.0. The number of unbranched alkanes of at least 4 members (excludes halogenated alkanes) is 1. The Kier molecular flexibility index (Phi) is 6.27. The highest BCUT2D eigenvalue weighted by atomic mass is 16.5. The molecule has 0 spiro atoms. The van der Waals surface area contributed by atoms with E-state index in [1.807, 2.05) is 12.1 Å². The van der Waals surface area contributed by atoms with Gasteiger partial charge in [-0.2, -0.15) is 0 Å². The molecule has 0 aliphatic rings. The second-order valence-electron chi connectivity index (χ2n) is 6.45. The van der Waals surface area contributed by atoms with Crippen molar-refractivity contribution < 1.29 is 4.74 Å². The van der Waals surface area contributed by atoms with E-state index in [1.165, 1.54) is 40.7 Å². The molecule has 3 aromatic rings. The van der Waals surface area contributed by atoms with Crippen LogP contribution in [0.15, 0.2) is 72.8 Å².